The zero-order chi connectivity index (χ0) is 19.6. The largest absolute Gasteiger partial charge is 0.354 e. The maximum Gasteiger partial charge on any atom is 0.274 e. The van der Waals surface area contributed by atoms with Gasteiger partial charge in [0.15, 0.2) is 0 Å². The highest BCUT2D eigenvalue weighted by Crippen LogP contribution is 2.26. The summed E-state index contributed by atoms with van der Waals surface area (Å²) in [6, 6.07) is 5.61. The van der Waals surface area contributed by atoms with Crippen molar-refractivity contribution in [2.45, 2.75) is 44.7 Å². The molecule has 144 valence electrons. The van der Waals surface area contributed by atoms with Crippen molar-refractivity contribution in [3.05, 3.63) is 46.5 Å². The van der Waals surface area contributed by atoms with Crippen LogP contribution in [0.25, 0.3) is 5.69 Å². The molecule has 0 saturated heterocycles. The van der Waals surface area contributed by atoms with E-state index in [4.69, 9.17) is 23.2 Å². The molecule has 1 aromatic carbocycles. The zero-order valence-electron chi connectivity index (χ0n) is 15.3. The molecule has 3 rings (SSSR count). The number of carbonyl (C=O) groups excluding carboxylic acids is 2. The Hall–Kier alpha value is -2.05. The van der Waals surface area contributed by atoms with Crippen molar-refractivity contribution >= 4 is 35.0 Å². The molecule has 2 aromatic rings. The number of rotatable bonds is 4. The minimum absolute atomic E-state index is 0.00396. The second-order valence-corrected chi connectivity index (χ2v) is 7.70. The average molecular weight is 409 g/mol. The Morgan fingerprint density at radius 2 is 1.89 bits per heavy atom. The highest BCUT2D eigenvalue weighted by atomic mass is 35.5. The topological polar surface area (TPSA) is 67.2 Å². The van der Waals surface area contributed by atoms with E-state index in [0.29, 0.717) is 15.7 Å². The van der Waals surface area contributed by atoms with Gasteiger partial charge in [-0.1, -0.05) is 23.2 Å². The van der Waals surface area contributed by atoms with Crippen LogP contribution in [0.3, 0.4) is 0 Å². The molecule has 0 aliphatic heterocycles. The zero-order valence-corrected chi connectivity index (χ0v) is 16.8. The fraction of sp³-hybridized carbons (Fsp3) is 0.421. The standard InChI is InChI=1S/C19H22Cl2N4O2/c1-12(26)23-13-3-5-14(6-4-13)24(2)19(27)18-10-25(11-22-18)15-7-8-16(20)17(21)9-15/h7-11,13-14H,3-6H2,1-2H3,(H,23,26). The third kappa shape index (κ3) is 4.62. The van der Waals surface area contributed by atoms with Crippen LogP contribution < -0.4 is 5.32 Å². The summed E-state index contributed by atoms with van der Waals surface area (Å²) >= 11 is 12.0. The van der Waals surface area contributed by atoms with Crippen molar-refractivity contribution in [1.82, 2.24) is 19.8 Å². The number of benzene rings is 1. The van der Waals surface area contributed by atoms with Crippen LogP contribution in [0.4, 0.5) is 0 Å². The van der Waals surface area contributed by atoms with Crippen LogP contribution in [0.1, 0.15) is 43.1 Å². The van der Waals surface area contributed by atoms with Gasteiger partial charge in [-0.25, -0.2) is 4.98 Å². The summed E-state index contributed by atoms with van der Waals surface area (Å²) in [4.78, 5) is 30.0. The Labute approximate surface area is 168 Å². The van der Waals surface area contributed by atoms with Crippen LogP contribution in [-0.2, 0) is 4.79 Å². The molecule has 2 amide bonds. The highest BCUT2D eigenvalue weighted by Gasteiger charge is 2.28. The Bertz CT molecular complexity index is 844. The predicted molar refractivity (Wildman–Crippen MR) is 106 cm³/mol. The molecule has 8 heteroatoms. The summed E-state index contributed by atoms with van der Waals surface area (Å²) in [6.45, 7) is 1.53. The van der Waals surface area contributed by atoms with E-state index in [2.05, 4.69) is 10.3 Å². The maximum atomic E-state index is 12.8. The van der Waals surface area contributed by atoms with E-state index in [1.54, 1.807) is 34.1 Å². The molecule has 0 spiro atoms. The van der Waals surface area contributed by atoms with E-state index in [1.165, 1.54) is 6.92 Å². The van der Waals surface area contributed by atoms with Gasteiger partial charge >= 0.3 is 0 Å². The quantitative estimate of drug-likeness (QED) is 0.838. The summed E-state index contributed by atoms with van der Waals surface area (Å²) in [6.07, 6.45) is 6.76. The van der Waals surface area contributed by atoms with Gasteiger partial charge in [0, 0.05) is 37.9 Å². The van der Waals surface area contributed by atoms with Gasteiger partial charge in [-0.15, -0.1) is 0 Å². The smallest absolute Gasteiger partial charge is 0.274 e. The summed E-state index contributed by atoms with van der Waals surface area (Å²) < 4.78 is 1.75. The van der Waals surface area contributed by atoms with E-state index in [9.17, 15) is 9.59 Å². The van der Waals surface area contributed by atoms with Crippen molar-refractivity contribution in [3.63, 3.8) is 0 Å². The molecule has 27 heavy (non-hydrogen) atoms. The number of aromatic nitrogens is 2. The van der Waals surface area contributed by atoms with Crippen molar-refractivity contribution in [2.75, 3.05) is 7.05 Å². The number of hydrogen-bond acceptors (Lipinski definition) is 3. The molecule has 0 atom stereocenters. The van der Waals surface area contributed by atoms with Gasteiger partial charge in [0.05, 0.1) is 10.0 Å². The molecule has 0 radical (unpaired) electrons. The summed E-state index contributed by atoms with van der Waals surface area (Å²) in [5.41, 5.74) is 1.17. The molecule has 1 heterocycles. The molecule has 1 aliphatic rings. The summed E-state index contributed by atoms with van der Waals surface area (Å²) in [7, 11) is 1.81. The molecule has 0 bridgehead atoms. The number of imidazole rings is 1. The summed E-state index contributed by atoms with van der Waals surface area (Å²) in [5.74, 6) is -0.118. The van der Waals surface area contributed by atoms with Crippen LogP contribution in [-0.4, -0.2) is 45.4 Å². The van der Waals surface area contributed by atoms with Crippen LogP contribution >= 0.6 is 23.2 Å². The van der Waals surface area contributed by atoms with Crippen LogP contribution in [0.5, 0.6) is 0 Å². The minimum Gasteiger partial charge on any atom is -0.354 e. The lowest BCUT2D eigenvalue weighted by molar-refractivity contribution is -0.119. The number of amides is 2. The number of nitrogens with one attached hydrogen (secondary N) is 1. The second-order valence-electron chi connectivity index (χ2n) is 6.89. The third-order valence-corrected chi connectivity index (χ3v) is 5.71. The minimum atomic E-state index is -0.114. The normalized spacial score (nSPS) is 19.6. The van der Waals surface area contributed by atoms with Crippen LogP contribution in [0.15, 0.2) is 30.7 Å². The Kier molecular flexibility index (Phi) is 6.07. The molecule has 0 unspecified atom stereocenters. The molecular formula is C19H22Cl2N4O2. The number of nitrogens with zero attached hydrogens (tertiary/aromatic N) is 3. The van der Waals surface area contributed by atoms with Gasteiger partial charge < -0.3 is 14.8 Å². The number of halogens is 2. The number of carbonyl (C=O) groups is 2. The second kappa shape index (κ2) is 8.31. The average Bonchev–Trinajstić information content (AvgIpc) is 3.13. The first-order chi connectivity index (χ1) is 12.8. The van der Waals surface area contributed by atoms with Crippen LogP contribution in [0, 0.1) is 0 Å². The van der Waals surface area contributed by atoms with Gasteiger partial charge in [0.25, 0.3) is 5.91 Å². The molecule has 1 fully saturated rings. The number of hydrogen-bond donors (Lipinski definition) is 1. The SMILES string of the molecule is CC(=O)NC1CCC(N(C)C(=O)c2cn(-c3ccc(Cl)c(Cl)c3)cn2)CC1. The fourth-order valence-corrected chi connectivity index (χ4v) is 3.75. The van der Waals surface area contributed by atoms with Crippen molar-refractivity contribution in [2.24, 2.45) is 0 Å². The van der Waals surface area contributed by atoms with Gasteiger partial charge in [0.2, 0.25) is 5.91 Å². The van der Waals surface area contributed by atoms with Gasteiger partial charge in [-0.2, -0.15) is 0 Å². The monoisotopic (exact) mass is 408 g/mol. The predicted octanol–water partition coefficient (Wildman–Crippen LogP) is 3.70. The first-order valence-corrected chi connectivity index (χ1v) is 9.64. The summed E-state index contributed by atoms with van der Waals surface area (Å²) in [5, 5.41) is 3.88. The lowest BCUT2D eigenvalue weighted by Crippen LogP contribution is -2.44. The molecule has 1 aliphatic carbocycles. The lowest BCUT2D eigenvalue weighted by atomic mass is 9.90. The Morgan fingerprint density at radius 1 is 1.19 bits per heavy atom. The molecule has 6 nitrogen and oxygen atoms in total. The van der Waals surface area contributed by atoms with E-state index >= 15 is 0 Å². The first-order valence-electron chi connectivity index (χ1n) is 8.89. The van der Waals surface area contributed by atoms with Gasteiger partial charge in [-0.05, 0) is 43.9 Å². The van der Waals surface area contributed by atoms with Crippen molar-refractivity contribution in [3.8, 4) is 5.69 Å². The molecule has 1 aromatic heterocycles. The first kappa shape index (κ1) is 19.7. The van der Waals surface area contributed by atoms with Gasteiger partial charge in [-0.3, -0.25) is 9.59 Å². The van der Waals surface area contributed by atoms with Gasteiger partial charge in [0.1, 0.15) is 12.0 Å². The van der Waals surface area contributed by atoms with Crippen molar-refractivity contribution in [1.29, 1.82) is 0 Å². The Balaban J connectivity index is 1.65. The van der Waals surface area contributed by atoms with E-state index in [0.717, 1.165) is 31.4 Å². The van der Waals surface area contributed by atoms with E-state index in [1.807, 2.05) is 13.1 Å². The van der Waals surface area contributed by atoms with E-state index < -0.39 is 0 Å². The van der Waals surface area contributed by atoms with E-state index in [-0.39, 0.29) is 23.9 Å². The lowest BCUT2D eigenvalue weighted by Gasteiger charge is -2.34. The fourth-order valence-electron chi connectivity index (χ4n) is 3.46. The highest BCUT2D eigenvalue weighted by molar-refractivity contribution is 6.42. The molecule has 1 saturated carbocycles. The van der Waals surface area contributed by atoms with Crippen molar-refractivity contribution < 1.29 is 9.59 Å². The Morgan fingerprint density at radius 3 is 2.52 bits per heavy atom. The van der Waals surface area contributed by atoms with Crippen LogP contribution in [0.2, 0.25) is 10.0 Å². The third-order valence-electron chi connectivity index (χ3n) is 4.98. The maximum absolute atomic E-state index is 12.8. The molecule has 1 N–H and O–H groups in total. The molecular weight excluding hydrogens is 387 g/mol.